The molecule has 0 saturated heterocycles. The molecule has 1 aromatic carbocycles. The molecule has 1 aromatic rings. The lowest BCUT2D eigenvalue weighted by Crippen LogP contribution is -2.21. The fourth-order valence-corrected chi connectivity index (χ4v) is 1.41. The van der Waals surface area contributed by atoms with Crippen molar-refractivity contribution in [1.29, 1.82) is 0 Å². The lowest BCUT2D eigenvalue weighted by atomic mass is 10.2. The van der Waals surface area contributed by atoms with E-state index in [2.05, 4.69) is 4.72 Å². The third-order valence-electron chi connectivity index (χ3n) is 1.55. The lowest BCUT2D eigenvalue weighted by Gasteiger charge is -2.11. The first-order valence-electron chi connectivity index (χ1n) is 5.02. The molecule has 0 saturated carbocycles. The Morgan fingerprint density at radius 2 is 1.87 bits per heavy atom. The van der Waals surface area contributed by atoms with Crippen LogP contribution in [0, 0.1) is 6.92 Å². The van der Waals surface area contributed by atoms with E-state index in [4.69, 9.17) is 0 Å². The second-order valence-corrected chi connectivity index (χ2v) is 4.47. The Labute approximate surface area is 95.2 Å². The molecule has 15 heavy (non-hydrogen) atoms. The predicted molar refractivity (Wildman–Crippen MR) is 68.0 cm³/mol. The summed E-state index contributed by atoms with van der Waals surface area (Å²) >= 11 is -1.15. The van der Waals surface area contributed by atoms with Crippen LogP contribution in [0.15, 0.2) is 24.3 Å². The average Bonchev–Trinajstić information content (AvgIpc) is 2.20. The molecular weight excluding hydrogens is 208 g/mol. The van der Waals surface area contributed by atoms with Crippen molar-refractivity contribution in [3.8, 4) is 0 Å². The maximum atomic E-state index is 11.3. The van der Waals surface area contributed by atoms with Crippen LogP contribution < -0.4 is 4.72 Å². The summed E-state index contributed by atoms with van der Waals surface area (Å²) in [6, 6.07) is 7.80. The van der Waals surface area contributed by atoms with Gasteiger partial charge in [-0.1, -0.05) is 26.0 Å². The maximum Gasteiger partial charge on any atom is 0.195 e. The minimum Gasteiger partial charge on any atom is -0.292 e. The van der Waals surface area contributed by atoms with Gasteiger partial charge in [-0.3, -0.25) is 4.72 Å². The zero-order valence-electron chi connectivity index (χ0n) is 10.1. The van der Waals surface area contributed by atoms with Crippen LogP contribution in [0.4, 0.5) is 5.69 Å². The number of rotatable bonds is 3. The first-order chi connectivity index (χ1) is 7.09. The second-order valence-electron chi connectivity index (χ2n) is 3.03. The van der Waals surface area contributed by atoms with Gasteiger partial charge < -0.3 is 0 Å². The van der Waals surface area contributed by atoms with Crippen LogP contribution in [0.2, 0.25) is 0 Å². The molecule has 0 fully saturated rings. The minimum absolute atomic E-state index is 0.882. The highest BCUT2D eigenvalue weighted by atomic mass is 32.2. The summed E-state index contributed by atoms with van der Waals surface area (Å²) < 4.78 is 15.8. The van der Waals surface area contributed by atoms with Crippen molar-refractivity contribution in [2.75, 3.05) is 18.8 Å². The number of hydrogen-bond donors (Lipinski definition) is 1. The molecule has 0 heterocycles. The Kier molecular flexibility index (Phi) is 6.99. The quantitative estimate of drug-likeness (QED) is 0.847. The van der Waals surface area contributed by atoms with Gasteiger partial charge in [0.25, 0.3) is 0 Å². The third-order valence-corrected chi connectivity index (χ3v) is 2.63. The van der Waals surface area contributed by atoms with Gasteiger partial charge in [-0.2, -0.15) is 0 Å². The van der Waals surface area contributed by atoms with E-state index in [0.717, 1.165) is 11.3 Å². The number of aryl methyl sites for hydroxylation is 1. The van der Waals surface area contributed by atoms with Gasteiger partial charge in [-0.05, 0) is 24.6 Å². The molecule has 4 heteroatoms. The number of anilines is 1. The smallest absolute Gasteiger partial charge is 0.195 e. The molecule has 86 valence electrons. The van der Waals surface area contributed by atoms with Gasteiger partial charge in [0.15, 0.2) is 11.2 Å². The molecule has 0 amide bonds. The van der Waals surface area contributed by atoms with Gasteiger partial charge in [-0.25, -0.2) is 8.51 Å². The molecule has 0 aromatic heterocycles. The third kappa shape index (κ3) is 5.54. The summed E-state index contributed by atoms with van der Waals surface area (Å²) in [6.07, 6.45) is 0. The number of hydrogen-bond acceptors (Lipinski definition) is 1. The first kappa shape index (κ1) is 14.1. The summed E-state index contributed by atoms with van der Waals surface area (Å²) in [7, 11) is 3.53. The van der Waals surface area contributed by atoms with E-state index < -0.39 is 11.2 Å². The van der Waals surface area contributed by atoms with E-state index in [1.165, 1.54) is 0 Å². The van der Waals surface area contributed by atoms with E-state index in [9.17, 15) is 4.21 Å². The lowest BCUT2D eigenvalue weighted by molar-refractivity contribution is 0.608. The van der Waals surface area contributed by atoms with E-state index >= 15 is 0 Å². The van der Waals surface area contributed by atoms with Gasteiger partial charge in [0.05, 0.1) is 0 Å². The molecule has 0 aliphatic carbocycles. The van der Waals surface area contributed by atoms with Crippen molar-refractivity contribution in [1.82, 2.24) is 4.31 Å². The van der Waals surface area contributed by atoms with Crippen LogP contribution in [-0.2, 0) is 11.2 Å². The fourth-order valence-electron chi connectivity index (χ4n) is 0.901. The largest absolute Gasteiger partial charge is 0.292 e. The monoisotopic (exact) mass is 228 g/mol. The van der Waals surface area contributed by atoms with Gasteiger partial charge in [-0.15, -0.1) is 0 Å². The SMILES string of the molecule is CC.Cc1cccc(NS(=O)N(C)C)c1. The predicted octanol–water partition coefficient (Wildman–Crippen LogP) is 2.57. The van der Waals surface area contributed by atoms with Gasteiger partial charge >= 0.3 is 0 Å². The van der Waals surface area contributed by atoms with E-state index in [-0.39, 0.29) is 0 Å². The molecular formula is C11H20N2OS. The van der Waals surface area contributed by atoms with Gasteiger partial charge in [0.2, 0.25) is 0 Å². The van der Waals surface area contributed by atoms with Crippen LogP contribution >= 0.6 is 0 Å². The summed E-state index contributed by atoms with van der Waals surface area (Å²) in [5.74, 6) is 0. The first-order valence-corrected chi connectivity index (χ1v) is 6.13. The Morgan fingerprint density at radius 3 is 2.33 bits per heavy atom. The van der Waals surface area contributed by atoms with Gasteiger partial charge in [0.1, 0.15) is 0 Å². The van der Waals surface area contributed by atoms with Crippen molar-refractivity contribution in [3.05, 3.63) is 29.8 Å². The van der Waals surface area contributed by atoms with E-state index in [0.29, 0.717) is 0 Å². The van der Waals surface area contributed by atoms with Crippen molar-refractivity contribution in [3.63, 3.8) is 0 Å². The molecule has 0 aliphatic heterocycles. The minimum atomic E-state index is -1.15. The van der Waals surface area contributed by atoms with E-state index in [1.54, 1.807) is 18.4 Å². The number of nitrogens with one attached hydrogen (secondary N) is 1. The van der Waals surface area contributed by atoms with Crippen molar-refractivity contribution < 1.29 is 4.21 Å². The molecule has 0 aliphatic rings. The van der Waals surface area contributed by atoms with Crippen LogP contribution in [0.5, 0.6) is 0 Å². The fraction of sp³-hybridized carbons (Fsp3) is 0.455. The van der Waals surface area contributed by atoms with Crippen LogP contribution in [-0.4, -0.2) is 22.6 Å². The molecule has 0 bridgehead atoms. The summed E-state index contributed by atoms with van der Waals surface area (Å²) in [5.41, 5.74) is 2.03. The second kappa shape index (κ2) is 7.43. The highest BCUT2D eigenvalue weighted by Gasteiger charge is 2.01. The summed E-state index contributed by atoms with van der Waals surface area (Å²) in [5, 5.41) is 0. The molecule has 3 nitrogen and oxygen atoms in total. The van der Waals surface area contributed by atoms with Crippen LogP contribution in [0.3, 0.4) is 0 Å². The Hall–Kier alpha value is -0.870. The normalized spacial score (nSPS) is 11.6. The molecule has 0 spiro atoms. The molecule has 1 N–H and O–H groups in total. The zero-order valence-corrected chi connectivity index (χ0v) is 10.9. The molecule has 1 rings (SSSR count). The number of benzene rings is 1. The Balaban J connectivity index is 0.000000921. The average molecular weight is 228 g/mol. The Bertz CT molecular complexity index is 313. The summed E-state index contributed by atoms with van der Waals surface area (Å²) in [4.78, 5) is 0. The van der Waals surface area contributed by atoms with Gasteiger partial charge in [0, 0.05) is 19.8 Å². The van der Waals surface area contributed by atoms with Crippen molar-refractivity contribution >= 4 is 16.9 Å². The Morgan fingerprint density at radius 1 is 1.27 bits per heavy atom. The highest BCUT2D eigenvalue weighted by Crippen LogP contribution is 2.10. The van der Waals surface area contributed by atoms with Crippen LogP contribution in [0.1, 0.15) is 19.4 Å². The van der Waals surface area contributed by atoms with Crippen LogP contribution in [0.25, 0.3) is 0 Å². The standard InChI is InChI=1S/C9H14N2OS.C2H6/c1-8-5-4-6-9(7-8)10-13(12)11(2)3;1-2/h4-7,10H,1-3H3;1-2H3. The number of nitrogens with zero attached hydrogens (tertiary/aromatic N) is 1. The van der Waals surface area contributed by atoms with Crippen molar-refractivity contribution in [2.24, 2.45) is 0 Å². The molecule has 1 unspecified atom stereocenters. The molecule has 0 radical (unpaired) electrons. The highest BCUT2D eigenvalue weighted by molar-refractivity contribution is 7.83. The maximum absolute atomic E-state index is 11.3. The topological polar surface area (TPSA) is 32.3 Å². The molecule has 1 atom stereocenters. The van der Waals surface area contributed by atoms with E-state index in [1.807, 2.05) is 45.0 Å². The van der Waals surface area contributed by atoms with Crippen molar-refractivity contribution in [2.45, 2.75) is 20.8 Å². The zero-order chi connectivity index (χ0) is 11.8. The summed E-state index contributed by atoms with van der Waals surface area (Å²) in [6.45, 7) is 6.00.